The fourth-order valence-corrected chi connectivity index (χ4v) is 3.96. The maximum absolute atomic E-state index is 12.8. The maximum atomic E-state index is 12.8. The predicted octanol–water partition coefficient (Wildman–Crippen LogP) is 3.36. The highest BCUT2D eigenvalue weighted by Gasteiger charge is 2.30. The van der Waals surface area contributed by atoms with E-state index in [1.807, 2.05) is 40.5 Å². The van der Waals surface area contributed by atoms with Gasteiger partial charge in [-0.15, -0.1) is 11.3 Å². The summed E-state index contributed by atoms with van der Waals surface area (Å²) < 4.78 is 0. The number of hydrogen-bond acceptors (Lipinski definition) is 3. The summed E-state index contributed by atoms with van der Waals surface area (Å²) in [5.41, 5.74) is 8.75. The van der Waals surface area contributed by atoms with E-state index in [2.05, 4.69) is 18.4 Å². The molecule has 0 unspecified atom stereocenters. The Hall–Kier alpha value is -1.65. The highest BCUT2D eigenvalue weighted by molar-refractivity contribution is 7.10. The predicted molar refractivity (Wildman–Crippen MR) is 86.4 cm³/mol. The zero-order valence-electron chi connectivity index (χ0n) is 12.2. The normalized spacial score (nSPS) is 17.6. The van der Waals surface area contributed by atoms with Crippen molar-refractivity contribution in [2.45, 2.75) is 32.4 Å². The van der Waals surface area contributed by atoms with E-state index in [9.17, 15) is 4.79 Å². The Bertz CT molecular complexity index is 632. The van der Waals surface area contributed by atoms with Gasteiger partial charge in [0.25, 0.3) is 5.91 Å². The summed E-state index contributed by atoms with van der Waals surface area (Å²) in [5, 5.41) is 2.14. The molecule has 3 nitrogen and oxygen atoms in total. The molecule has 0 bridgehead atoms. The number of nitrogens with zero attached hydrogens (tertiary/aromatic N) is 1. The van der Waals surface area contributed by atoms with E-state index < -0.39 is 0 Å². The lowest BCUT2D eigenvalue weighted by Gasteiger charge is -2.35. The van der Waals surface area contributed by atoms with Crippen LogP contribution in [-0.4, -0.2) is 17.4 Å². The molecular formula is C17H20N2OS. The molecule has 0 fully saturated rings. The summed E-state index contributed by atoms with van der Waals surface area (Å²) >= 11 is 1.81. The minimum Gasteiger partial charge on any atom is -0.331 e. The Labute approximate surface area is 129 Å². The van der Waals surface area contributed by atoms with Crippen molar-refractivity contribution in [1.29, 1.82) is 0 Å². The van der Waals surface area contributed by atoms with Crippen LogP contribution in [0, 0.1) is 0 Å². The average molecular weight is 300 g/mol. The zero-order valence-corrected chi connectivity index (χ0v) is 13.0. The van der Waals surface area contributed by atoms with Crippen molar-refractivity contribution in [3.05, 3.63) is 57.3 Å². The number of amides is 1. The summed E-state index contributed by atoms with van der Waals surface area (Å²) in [6.45, 7) is 3.47. The van der Waals surface area contributed by atoms with Gasteiger partial charge in [0, 0.05) is 23.5 Å². The first-order valence-electron chi connectivity index (χ1n) is 7.40. The van der Waals surface area contributed by atoms with Crippen molar-refractivity contribution in [2.24, 2.45) is 5.73 Å². The van der Waals surface area contributed by atoms with Gasteiger partial charge in [-0.05, 0) is 47.5 Å². The van der Waals surface area contributed by atoms with E-state index in [1.165, 1.54) is 10.4 Å². The van der Waals surface area contributed by atoms with Crippen molar-refractivity contribution in [3.63, 3.8) is 0 Å². The number of thiophene rings is 1. The smallest absolute Gasteiger partial charge is 0.254 e. The summed E-state index contributed by atoms with van der Waals surface area (Å²) in [6, 6.07) is 10.0. The molecule has 1 atom stereocenters. The third kappa shape index (κ3) is 2.61. The first-order chi connectivity index (χ1) is 10.2. The van der Waals surface area contributed by atoms with Gasteiger partial charge >= 0.3 is 0 Å². The third-order valence-electron chi connectivity index (χ3n) is 4.18. The molecule has 2 N–H and O–H groups in total. The van der Waals surface area contributed by atoms with E-state index in [0.29, 0.717) is 6.54 Å². The monoisotopic (exact) mass is 300 g/mol. The van der Waals surface area contributed by atoms with Gasteiger partial charge in [-0.3, -0.25) is 4.79 Å². The second-order valence-electron chi connectivity index (χ2n) is 5.37. The van der Waals surface area contributed by atoms with Gasteiger partial charge in [-0.2, -0.15) is 0 Å². The summed E-state index contributed by atoms with van der Waals surface area (Å²) in [5.74, 6) is 0.127. The number of carbonyl (C=O) groups excluding carboxylic acids is 1. The molecule has 1 aromatic heterocycles. The minimum absolute atomic E-state index is 0.127. The fourth-order valence-electron chi connectivity index (χ4n) is 3.03. The van der Waals surface area contributed by atoms with Crippen LogP contribution in [0.5, 0.6) is 0 Å². The van der Waals surface area contributed by atoms with Crippen LogP contribution in [0.15, 0.2) is 35.7 Å². The van der Waals surface area contributed by atoms with Gasteiger partial charge < -0.3 is 10.6 Å². The average Bonchev–Trinajstić information content (AvgIpc) is 3.02. The second kappa shape index (κ2) is 6.00. The summed E-state index contributed by atoms with van der Waals surface area (Å²) in [6.07, 6.45) is 1.92. The van der Waals surface area contributed by atoms with Crippen molar-refractivity contribution >= 4 is 17.2 Å². The summed E-state index contributed by atoms with van der Waals surface area (Å²) in [4.78, 5) is 16.3. The lowest BCUT2D eigenvalue weighted by molar-refractivity contribution is 0.0657. The molecule has 3 rings (SSSR count). The molecule has 1 aliphatic heterocycles. The molecule has 2 heterocycles. The topological polar surface area (TPSA) is 46.3 Å². The number of fused-ring (bicyclic) bond motifs is 1. The van der Waals surface area contributed by atoms with Gasteiger partial charge in [0.2, 0.25) is 0 Å². The minimum atomic E-state index is 0.127. The molecule has 0 saturated carbocycles. The van der Waals surface area contributed by atoms with E-state index >= 15 is 0 Å². The van der Waals surface area contributed by atoms with Gasteiger partial charge in [-0.1, -0.05) is 19.1 Å². The molecule has 1 aromatic carbocycles. The van der Waals surface area contributed by atoms with Crippen LogP contribution in [0.3, 0.4) is 0 Å². The molecule has 1 amide bonds. The number of rotatable bonds is 3. The van der Waals surface area contributed by atoms with Gasteiger partial charge in [0.15, 0.2) is 0 Å². The van der Waals surface area contributed by atoms with E-state index in [1.54, 1.807) is 0 Å². The van der Waals surface area contributed by atoms with Crippen molar-refractivity contribution in [1.82, 2.24) is 4.90 Å². The van der Waals surface area contributed by atoms with Gasteiger partial charge in [0.1, 0.15) is 0 Å². The van der Waals surface area contributed by atoms with Crippen LogP contribution < -0.4 is 5.73 Å². The van der Waals surface area contributed by atoms with Crippen molar-refractivity contribution < 1.29 is 4.79 Å². The molecule has 0 spiro atoms. The molecule has 0 aliphatic carbocycles. The highest BCUT2D eigenvalue weighted by atomic mass is 32.1. The fraction of sp³-hybridized carbons (Fsp3) is 0.353. The van der Waals surface area contributed by atoms with Crippen molar-refractivity contribution in [3.8, 4) is 0 Å². The van der Waals surface area contributed by atoms with E-state index in [0.717, 1.165) is 30.5 Å². The lowest BCUT2D eigenvalue weighted by Crippen LogP contribution is -2.39. The van der Waals surface area contributed by atoms with Crippen LogP contribution in [0.1, 0.15) is 45.7 Å². The van der Waals surface area contributed by atoms with Crippen LogP contribution >= 0.6 is 11.3 Å². The molecule has 0 radical (unpaired) electrons. The molecular weight excluding hydrogens is 280 g/mol. The highest BCUT2D eigenvalue weighted by Crippen LogP contribution is 2.35. The third-order valence-corrected chi connectivity index (χ3v) is 5.18. The van der Waals surface area contributed by atoms with Crippen molar-refractivity contribution in [2.75, 3.05) is 6.54 Å². The second-order valence-corrected chi connectivity index (χ2v) is 6.37. The molecule has 4 heteroatoms. The molecule has 1 aliphatic rings. The number of hydrogen-bond donors (Lipinski definition) is 1. The van der Waals surface area contributed by atoms with Gasteiger partial charge in [0.05, 0.1) is 6.04 Å². The Balaban J connectivity index is 1.87. The maximum Gasteiger partial charge on any atom is 0.254 e. The van der Waals surface area contributed by atoms with Crippen LogP contribution in [0.2, 0.25) is 0 Å². The number of carbonyl (C=O) groups is 1. The van der Waals surface area contributed by atoms with E-state index in [4.69, 9.17) is 5.73 Å². The Kier molecular flexibility index (Phi) is 4.08. The Morgan fingerprint density at radius 2 is 2.10 bits per heavy atom. The Morgan fingerprint density at radius 1 is 1.33 bits per heavy atom. The first-order valence-corrected chi connectivity index (χ1v) is 8.28. The standard InChI is InChI=1S/C17H20N2OS/c1-2-15-14-8-10-21-16(14)7-9-19(15)17(20)13-5-3-12(11-18)4-6-13/h3-6,8,10,15H,2,7,9,11,18H2,1H3/t15-/m1/s1. The number of nitrogens with two attached hydrogens (primary N) is 1. The lowest BCUT2D eigenvalue weighted by atomic mass is 9.96. The van der Waals surface area contributed by atoms with Gasteiger partial charge in [-0.25, -0.2) is 0 Å². The molecule has 110 valence electrons. The van der Waals surface area contributed by atoms with Crippen LogP contribution in [-0.2, 0) is 13.0 Å². The largest absolute Gasteiger partial charge is 0.331 e. The first kappa shape index (κ1) is 14.3. The Morgan fingerprint density at radius 3 is 2.76 bits per heavy atom. The number of benzene rings is 1. The molecule has 2 aromatic rings. The van der Waals surface area contributed by atoms with E-state index in [-0.39, 0.29) is 11.9 Å². The quantitative estimate of drug-likeness (QED) is 0.945. The molecule has 21 heavy (non-hydrogen) atoms. The summed E-state index contributed by atoms with van der Waals surface area (Å²) in [7, 11) is 0. The molecule has 0 saturated heterocycles. The van der Waals surface area contributed by atoms with Crippen LogP contribution in [0.25, 0.3) is 0 Å². The zero-order chi connectivity index (χ0) is 14.8. The van der Waals surface area contributed by atoms with Crippen LogP contribution in [0.4, 0.5) is 0 Å². The SMILES string of the molecule is CC[C@@H]1c2ccsc2CCN1C(=O)c1ccc(CN)cc1.